The zero-order valence-electron chi connectivity index (χ0n) is 24.5. The van der Waals surface area contributed by atoms with Gasteiger partial charge in [0.1, 0.15) is 16.3 Å². The molecule has 3 aromatic carbocycles. The first-order valence-corrected chi connectivity index (χ1v) is 15.7. The van der Waals surface area contributed by atoms with Crippen molar-refractivity contribution in [3.05, 3.63) is 112 Å². The highest BCUT2D eigenvalue weighted by atomic mass is 32.2. The molecule has 5 aromatic rings. The van der Waals surface area contributed by atoms with E-state index < -0.39 is 26.7 Å². The molecule has 1 fully saturated rings. The molecule has 0 saturated carbocycles. The number of benzene rings is 3. The molecule has 1 aliphatic heterocycles. The van der Waals surface area contributed by atoms with E-state index >= 15 is 0 Å². The Morgan fingerprint density at radius 1 is 0.891 bits per heavy atom. The summed E-state index contributed by atoms with van der Waals surface area (Å²) in [6.45, 7) is 1.47. The van der Waals surface area contributed by atoms with E-state index in [4.69, 9.17) is 9.72 Å². The van der Waals surface area contributed by atoms with Gasteiger partial charge < -0.3 is 9.14 Å². The zero-order chi connectivity index (χ0) is 32.6. The number of methoxy groups -OCH3 is 1. The zero-order valence-corrected chi connectivity index (χ0v) is 25.3. The highest BCUT2D eigenvalue weighted by Gasteiger charge is 2.32. The Balaban J connectivity index is 1.35. The fourth-order valence-corrected chi connectivity index (χ4v) is 7.18. The van der Waals surface area contributed by atoms with Gasteiger partial charge in [-0.25, -0.2) is 13.4 Å². The van der Waals surface area contributed by atoms with Gasteiger partial charge in [0.15, 0.2) is 0 Å². The van der Waals surface area contributed by atoms with Crippen molar-refractivity contribution in [2.45, 2.75) is 17.6 Å². The molecule has 2 aromatic heterocycles. The summed E-state index contributed by atoms with van der Waals surface area (Å²) >= 11 is 0. The summed E-state index contributed by atoms with van der Waals surface area (Å²) in [5.74, 6) is 0.258. The fraction of sp³-hybridized carbons (Fsp3) is 0.219. The number of pyridine rings is 1. The van der Waals surface area contributed by atoms with Crippen LogP contribution in [0.15, 0.2) is 96.0 Å². The van der Waals surface area contributed by atoms with Gasteiger partial charge in [-0.3, -0.25) is 15.0 Å². The van der Waals surface area contributed by atoms with Gasteiger partial charge in [0.05, 0.1) is 29.0 Å². The van der Waals surface area contributed by atoms with Crippen molar-refractivity contribution in [3.8, 4) is 28.1 Å². The predicted octanol–water partition coefficient (Wildman–Crippen LogP) is 6.11. The van der Waals surface area contributed by atoms with Crippen LogP contribution in [0.1, 0.15) is 11.3 Å². The lowest BCUT2D eigenvalue weighted by molar-refractivity contribution is -0.384. The van der Waals surface area contributed by atoms with Crippen molar-refractivity contribution < 1.29 is 31.2 Å². The van der Waals surface area contributed by atoms with E-state index in [1.807, 2.05) is 0 Å². The molecule has 0 bridgehead atoms. The van der Waals surface area contributed by atoms with Gasteiger partial charge in [-0.15, -0.1) is 0 Å². The Labute approximate surface area is 262 Å². The number of sulfonamides is 1. The van der Waals surface area contributed by atoms with Gasteiger partial charge >= 0.3 is 6.18 Å². The van der Waals surface area contributed by atoms with Crippen LogP contribution in [0.3, 0.4) is 0 Å². The van der Waals surface area contributed by atoms with E-state index in [0.29, 0.717) is 53.4 Å². The Kier molecular flexibility index (Phi) is 8.27. The maximum Gasteiger partial charge on any atom is 0.416 e. The van der Waals surface area contributed by atoms with Gasteiger partial charge in [0.25, 0.3) is 5.69 Å². The molecular weight excluding hydrogens is 623 g/mol. The molecule has 0 aliphatic carbocycles. The maximum atomic E-state index is 13.5. The second-order valence-electron chi connectivity index (χ2n) is 10.8. The lowest BCUT2D eigenvalue weighted by Gasteiger charge is -2.34. The minimum absolute atomic E-state index is 0.0859. The molecule has 238 valence electrons. The van der Waals surface area contributed by atoms with Crippen LogP contribution in [0.25, 0.3) is 28.0 Å². The molecule has 10 nitrogen and oxygen atoms in total. The topological polar surface area (TPSA) is 110 Å². The lowest BCUT2D eigenvalue weighted by atomic mass is 10.0. The molecule has 0 N–H and O–H groups in total. The van der Waals surface area contributed by atoms with Crippen LogP contribution in [0.4, 0.5) is 18.9 Å². The average Bonchev–Trinajstić information content (AvgIpc) is 3.42. The van der Waals surface area contributed by atoms with E-state index in [-0.39, 0.29) is 29.4 Å². The second-order valence-corrected chi connectivity index (χ2v) is 12.7. The number of nitro benzene ring substituents is 1. The van der Waals surface area contributed by atoms with Crippen LogP contribution in [-0.2, 0) is 22.7 Å². The van der Waals surface area contributed by atoms with Crippen molar-refractivity contribution in [1.29, 1.82) is 0 Å². The van der Waals surface area contributed by atoms with Gasteiger partial charge in [-0.05, 0) is 47.5 Å². The summed E-state index contributed by atoms with van der Waals surface area (Å²) in [5, 5.41) is 11.5. The number of fused-ring (bicyclic) bond motifs is 1. The van der Waals surface area contributed by atoms with Crippen molar-refractivity contribution in [2.75, 3.05) is 33.3 Å². The molecule has 6 rings (SSSR count). The highest BCUT2D eigenvalue weighted by Crippen LogP contribution is 2.34. The van der Waals surface area contributed by atoms with Crippen molar-refractivity contribution >= 4 is 21.4 Å². The minimum Gasteiger partial charge on any atom is -0.495 e. The summed E-state index contributed by atoms with van der Waals surface area (Å²) in [7, 11) is -2.40. The number of piperazine rings is 1. The van der Waals surface area contributed by atoms with Gasteiger partial charge in [-0.1, -0.05) is 36.4 Å². The number of ether oxygens (including phenoxy) is 1. The number of halogens is 3. The Bertz CT molecular complexity index is 2040. The molecule has 1 aliphatic rings. The monoisotopic (exact) mass is 651 g/mol. The van der Waals surface area contributed by atoms with E-state index in [9.17, 15) is 31.7 Å². The summed E-state index contributed by atoms with van der Waals surface area (Å²) in [5.41, 5.74) is 2.16. The van der Waals surface area contributed by atoms with Crippen LogP contribution < -0.4 is 4.74 Å². The number of alkyl halides is 3. The number of nitro groups is 1. The first-order chi connectivity index (χ1) is 22.0. The molecule has 0 atom stereocenters. The number of hydrogen-bond acceptors (Lipinski definition) is 7. The molecule has 14 heteroatoms. The molecule has 0 spiro atoms. The third-order valence-electron chi connectivity index (χ3n) is 7.96. The third kappa shape index (κ3) is 6.06. The van der Waals surface area contributed by atoms with Crippen LogP contribution in [-0.4, -0.2) is 65.2 Å². The fourth-order valence-electron chi connectivity index (χ4n) is 5.60. The highest BCUT2D eigenvalue weighted by molar-refractivity contribution is 7.89. The SMILES string of the molecule is COc1ccccc1S(=O)(=O)N1CCN(Cc2c(-c3cccc([N+](=O)[O-])c3)nc3ccc(-c4cccc(C(F)(F)F)c4)cn23)CC1. The van der Waals surface area contributed by atoms with Crippen molar-refractivity contribution in [3.63, 3.8) is 0 Å². The summed E-state index contributed by atoms with van der Waals surface area (Å²) < 4.78 is 75.7. The van der Waals surface area contributed by atoms with Gasteiger partial charge in [-0.2, -0.15) is 17.5 Å². The number of rotatable bonds is 8. The van der Waals surface area contributed by atoms with E-state index in [1.165, 1.54) is 35.7 Å². The minimum atomic E-state index is -4.50. The van der Waals surface area contributed by atoms with E-state index in [1.54, 1.807) is 59.1 Å². The Morgan fingerprint density at radius 3 is 2.33 bits per heavy atom. The van der Waals surface area contributed by atoms with E-state index in [2.05, 4.69) is 4.90 Å². The smallest absolute Gasteiger partial charge is 0.416 e. The Morgan fingerprint density at radius 2 is 1.61 bits per heavy atom. The van der Waals surface area contributed by atoms with Crippen molar-refractivity contribution in [2.24, 2.45) is 0 Å². The number of hydrogen-bond donors (Lipinski definition) is 0. The number of para-hydroxylation sites is 1. The normalized spacial score (nSPS) is 14.9. The van der Waals surface area contributed by atoms with Crippen LogP contribution in [0.2, 0.25) is 0 Å². The number of non-ortho nitro benzene ring substituents is 1. The van der Waals surface area contributed by atoms with Crippen LogP contribution >= 0.6 is 0 Å². The Hall–Kier alpha value is -4.79. The van der Waals surface area contributed by atoms with Gasteiger partial charge in [0.2, 0.25) is 10.0 Å². The van der Waals surface area contributed by atoms with Crippen LogP contribution in [0, 0.1) is 10.1 Å². The molecule has 0 unspecified atom stereocenters. The number of aromatic nitrogens is 2. The summed E-state index contributed by atoms with van der Waals surface area (Å²) in [6, 6.07) is 20.9. The van der Waals surface area contributed by atoms with Gasteiger partial charge in [0, 0.05) is 56.6 Å². The molecule has 46 heavy (non-hydrogen) atoms. The first kappa shape index (κ1) is 31.2. The predicted molar refractivity (Wildman–Crippen MR) is 165 cm³/mol. The van der Waals surface area contributed by atoms with Crippen molar-refractivity contribution in [1.82, 2.24) is 18.6 Å². The number of imidazole rings is 1. The largest absolute Gasteiger partial charge is 0.495 e. The van der Waals surface area contributed by atoms with E-state index in [0.717, 1.165) is 12.1 Å². The standard InChI is InChI=1S/C32H28F3N5O5S/c1-45-28-10-2-3-11-29(28)46(43,44)38-16-14-37(15-17-38)21-27-31(23-7-5-9-26(19-23)40(41)42)36-30-13-12-24(20-39(27)30)22-6-4-8-25(18-22)32(33,34)35/h2-13,18-20H,14-17,21H2,1H3. The quantitative estimate of drug-likeness (QED) is 0.147. The average molecular weight is 652 g/mol. The molecule has 0 amide bonds. The molecule has 3 heterocycles. The number of nitrogens with zero attached hydrogens (tertiary/aromatic N) is 5. The molecule has 0 radical (unpaired) electrons. The lowest BCUT2D eigenvalue weighted by Crippen LogP contribution is -2.48. The summed E-state index contributed by atoms with van der Waals surface area (Å²) in [6.07, 6.45) is -2.80. The third-order valence-corrected chi connectivity index (χ3v) is 9.90. The van der Waals surface area contributed by atoms with Crippen LogP contribution in [0.5, 0.6) is 5.75 Å². The molecular formula is C32H28F3N5O5S. The maximum absolute atomic E-state index is 13.5. The summed E-state index contributed by atoms with van der Waals surface area (Å²) in [4.78, 5) is 18.0. The first-order valence-electron chi connectivity index (χ1n) is 14.2. The second kappa shape index (κ2) is 12.2. The molecule has 1 saturated heterocycles.